The normalized spacial score (nSPS) is 21.0. The predicted molar refractivity (Wildman–Crippen MR) is 79.5 cm³/mol. The van der Waals surface area contributed by atoms with E-state index >= 15 is 0 Å². The van der Waals surface area contributed by atoms with Crippen LogP contribution >= 0.6 is 0 Å². The van der Waals surface area contributed by atoms with Gasteiger partial charge in [0.25, 0.3) is 0 Å². The van der Waals surface area contributed by atoms with Gasteiger partial charge in [-0.1, -0.05) is 16.3 Å². The second-order valence-electron chi connectivity index (χ2n) is 5.15. The third-order valence-corrected chi connectivity index (χ3v) is 3.71. The molecule has 1 unspecified atom stereocenters. The van der Waals surface area contributed by atoms with Crippen molar-refractivity contribution in [3.05, 3.63) is 40.0 Å². The maximum Gasteiger partial charge on any atom is 0.147 e. The van der Waals surface area contributed by atoms with E-state index in [1.165, 1.54) is 6.07 Å². The molecule has 0 aliphatic carbocycles. The van der Waals surface area contributed by atoms with E-state index in [1.807, 2.05) is 11.0 Å². The third kappa shape index (κ3) is 3.13. The van der Waals surface area contributed by atoms with Crippen LogP contribution in [0.3, 0.4) is 0 Å². The molecule has 0 bridgehead atoms. The van der Waals surface area contributed by atoms with Crippen molar-refractivity contribution in [3.8, 4) is 0 Å². The second-order valence-corrected chi connectivity index (χ2v) is 5.15. The van der Waals surface area contributed by atoms with Gasteiger partial charge >= 0.3 is 0 Å². The van der Waals surface area contributed by atoms with Gasteiger partial charge in [-0.15, -0.1) is 0 Å². The zero-order chi connectivity index (χ0) is 15.4. The van der Waals surface area contributed by atoms with Crippen LogP contribution in [0, 0.1) is 5.82 Å². The Labute approximate surface area is 126 Å². The summed E-state index contributed by atoms with van der Waals surface area (Å²) >= 11 is 0. The van der Waals surface area contributed by atoms with Crippen molar-refractivity contribution >= 4 is 11.4 Å². The van der Waals surface area contributed by atoms with Crippen molar-refractivity contribution < 1.29 is 14.0 Å². The number of halogens is 1. The van der Waals surface area contributed by atoms with Crippen LogP contribution in [-0.4, -0.2) is 44.7 Å². The molecule has 0 saturated carbocycles. The van der Waals surface area contributed by atoms with Crippen molar-refractivity contribution in [2.24, 2.45) is 10.3 Å². The number of ether oxygens (including phenoxy) is 1. The zero-order valence-electron chi connectivity index (χ0n) is 12.0. The van der Waals surface area contributed by atoms with Gasteiger partial charge < -0.3 is 14.5 Å². The van der Waals surface area contributed by atoms with Gasteiger partial charge in [0.1, 0.15) is 11.9 Å². The zero-order valence-corrected chi connectivity index (χ0v) is 12.0. The minimum atomic E-state index is -0.277. The largest absolute Gasteiger partial charge is 0.392 e. The van der Waals surface area contributed by atoms with E-state index < -0.39 is 0 Å². The highest BCUT2D eigenvalue weighted by molar-refractivity contribution is 6.01. The van der Waals surface area contributed by atoms with Crippen LogP contribution in [0.1, 0.15) is 12.0 Å². The molecule has 7 nitrogen and oxygen atoms in total. The predicted octanol–water partition coefficient (Wildman–Crippen LogP) is 2.47. The van der Waals surface area contributed by atoms with Gasteiger partial charge in [0.2, 0.25) is 0 Å². The maximum atomic E-state index is 14.3. The Balaban J connectivity index is 1.71. The van der Waals surface area contributed by atoms with Crippen LogP contribution in [0.25, 0.3) is 10.4 Å². The highest BCUT2D eigenvalue weighted by Gasteiger charge is 2.23. The van der Waals surface area contributed by atoms with E-state index in [2.05, 4.69) is 15.2 Å². The van der Waals surface area contributed by atoms with E-state index in [0.717, 1.165) is 0 Å². The van der Waals surface area contributed by atoms with Gasteiger partial charge in [0, 0.05) is 30.0 Å². The molecule has 3 rings (SSSR count). The average molecular weight is 305 g/mol. The number of hydrogen-bond donors (Lipinski definition) is 0. The van der Waals surface area contributed by atoms with Crippen molar-refractivity contribution in [1.82, 2.24) is 0 Å². The maximum absolute atomic E-state index is 14.3. The Bertz CT molecular complexity index is 624. The molecule has 2 aliphatic heterocycles. The fraction of sp³-hybridized carbons (Fsp3) is 0.500. The number of benzene rings is 1. The molecule has 1 atom stereocenters. The molecule has 2 heterocycles. The van der Waals surface area contributed by atoms with Gasteiger partial charge in [-0.3, -0.25) is 0 Å². The molecular weight excluding hydrogens is 289 g/mol. The van der Waals surface area contributed by atoms with Gasteiger partial charge in [-0.05, 0) is 17.7 Å². The standard InChI is InChI=1S/C14H16FN5O2/c15-12-7-10(13-8-11(22-18-13)9-17-19-16)1-2-14(12)20-3-5-21-6-4-20/h1-2,7,11H,3-6,8-9H2. The van der Waals surface area contributed by atoms with E-state index in [1.54, 1.807) is 6.07 Å². The summed E-state index contributed by atoms with van der Waals surface area (Å²) in [4.78, 5) is 9.85. The lowest BCUT2D eigenvalue weighted by Gasteiger charge is -2.29. The number of nitrogens with zero attached hydrogens (tertiary/aromatic N) is 5. The molecule has 1 fully saturated rings. The molecule has 0 spiro atoms. The second kappa shape index (κ2) is 6.64. The molecular formula is C14H16FN5O2. The van der Waals surface area contributed by atoms with Crippen LogP contribution in [0.15, 0.2) is 28.5 Å². The number of morpholine rings is 1. The number of rotatable bonds is 4. The van der Waals surface area contributed by atoms with Crippen LogP contribution < -0.4 is 4.90 Å². The summed E-state index contributed by atoms with van der Waals surface area (Å²) in [6, 6.07) is 5.08. The van der Waals surface area contributed by atoms with E-state index in [-0.39, 0.29) is 18.5 Å². The third-order valence-electron chi connectivity index (χ3n) is 3.71. The van der Waals surface area contributed by atoms with Crippen molar-refractivity contribution in [1.29, 1.82) is 0 Å². The number of hydrogen-bond acceptors (Lipinski definition) is 5. The molecule has 2 aliphatic rings. The topological polar surface area (TPSA) is 82.8 Å². The molecule has 116 valence electrons. The van der Waals surface area contributed by atoms with Crippen LogP contribution in [0.2, 0.25) is 0 Å². The monoisotopic (exact) mass is 305 g/mol. The summed E-state index contributed by atoms with van der Waals surface area (Å²) in [7, 11) is 0. The summed E-state index contributed by atoms with van der Waals surface area (Å²) in [5, 5.41) is 7.42. The molecule has 0 amide bonds. The van der Waals surface area contributed by atoms with Crippen LogP contribution in [-0.2, 0) is 9.57 Å². The van der Waals surface area contributed by atoms with Gasteiger partial charge in [-0.2, -0.15) is 0 Å². The fourth-order valence-electron chi connectivity index (χ4n) is 2.57. The lowest BCUT2D eigenvalue weighted by Crippen LogP contribution is -2.36. The molecule has 0 radical (unpaired) electrons. The molecule has 0 N–H and O–H groups in total. The molecule has 1 saturated heterocycles. The Kier molecular flexibility index (Phi) is 4.41. The lowest BCUT2D eigenvalue weighted by atomic mass is 10.0. The van der Waals surface area contributed by atoms with Gasteiger partial charge in [0.05, 0.1) is 31.2 Å². The van der Waals surface area contributed by atoms with E-state index in [9.17, 15) is 4.39 Å². The van der Waals surface area contributed by atoms with Crippen molar-refractivity contribution in [2.75, 3.05) is 37.7 Å². The molecule has 22 heavy (non-hydrogen) atoms. The molecule has 0 aromatic heterocycles. The van der Waals surface area contributed by atoms with E-state index in [0.29, 0.717) is 49.7 Å². The number of anilines is 1. The number of azide groups is 1. The minimum Gasteiger partial charge on any atom is -0.392 e. The van der Waals surface area contributed by atoms with Crippen molar-refractivity contribution in [2.45, 2.75) is 12.5 Å². The molecule has 8 heteroatoms. The van der Waals surface area contributed by atoms with Gasteiger partial charge in [0.15, 0.2) is 0 Å². The van der Waals surface area contributed by atoms with Crippen LogP contribution in [0.4, 0.5) is 10.1 Å². The quantitative estimate of drug-likeness (QED) is 0.486. The first-order valence-electron chi connectivity index (χ1n) is 7.14. The SMILES string of the molecule is [N-]=[N+]=NCC1CC(c2ccc(N3CCOCC3)c(F)c2)=NO1. The average Bonchev–Trinajstić information content (AvgIpc) is 3.02. The highest BCUT2D eigenvalue weighted by atomic mass is 19.1. The van der Waals surface area contributed by atoms with Crippen molar-refractivity contribution in [3.63, 3.8) is 0 Å². The highest BCUT2D eigenvalue weighted by Crippen LogP contribution is 2.24. The summed E-state index contributed by atoms with van der Waals surface area (Å²) in [6.07, 6.45) is 0.239. The Hall–Kier alpha value is -2.31. The molecule has 1 aromatic rings. The summed E-state index contributed by atoms with van der Waals surface area (Å²) in [5.41, 5.74) is 10.2. The molecule has 1 aromatic carbocycles. The van der Waals surface area contributed by atoms with E-state index in [4.69, 9.17) is 15.1 Å². The first kappa shape index (κ1) is 14.6. The summed E-state index contributed by atoms with van der Waals surface area (Å²) < 4.78 is 19.6. The van der Waals surface area contributed by atoms with Gasteiger partial charge in [-0.25, -0.2) is 4.39 Å². The Morgan fingerprint density at radius 1 is 1.41 bits per heavy atom. The minimum absolute atomic E-state index is 0.220. The fourth-order valence-corrected chi connectivity index (χ4v) is 2.57. The summed E-state index contributed by atoms with van der Waals surface area (Å²) in [5.74, 6) is -0.277. The Morgan fingerprint density at radius 2 is 2.23 bits per heavy atom. The smallest absolute Gasteiger partial charge is 0.147 e. The Morgan fingerprint density at radius 3 is 2.95 bits per heavy atom. The number of oxime groups is 1. The summed E-state index contributed by atoms with van der Waals surface area (Å²) in [6.45, 7) is 2.83. The first-order chi connectivity index (χ1) is 10.8. The van der Waals surface area contributed by atoms with Crippen LogP contribution in [0.5, 0.6) is 0 Å². The lowest BCUT2D eigenvalue weighted by molar-refractivity contribution is 0.0919. The first-order valence-corrected chi connectivity index (χ1v) is 7.14.